The van der Waals surface area contributed by atoms with Crippen molar-refractivity contribution in [2.75, 3.05) is 39.8 Å². The van der Waals surface area contributed by atoms with E-state index in [-0.39, 0.29) is 29.8 Å². The molecule has 2 saturated heterocycles. The van der Waals surface area contributed by atoms with Crippen LogP contribution in [0.5, 0.6) is 0 Å². The molecule has 35 heavy (non-hydrogen) atoms. The van der Waals surface area contributed by atoms with E-state index >= 15 is 0 Å². The molecule has 0 aliphatic carbocycles. The quantitative estimate of drug-likeness (QED) is 0.443. The molecule has 5 nitrogen and oxygen atoms in total. The van der Waals surface area contributed by atoms with Gasteiger partial charge in [-0.15, -0.1) is 0 Å². The summed E-state index contributed by atoms with van der Waals surface area (Å²) in [6.45, 7) is 4.00. The number of halogens is 2. The van der Waals surface area contributed by atoms with Crippen molar-refractivity contribution in [3.8, 4) is 0 Å². The number of carbonyl (C=O) groups is 1. The minimum Gasteiger partial charge on any atom is -0.317 e. The number of nitrogens with one attached hydrogen (secondary N) is 2. The molecule has 186 valence electrons. The first-order valence-corrected chi connectivity index (χ1v) is 13.2. The summed E-state index contributed by atoms with van der Waals surface area (Å²) in [4.78, 5) is 14.1. The summed E-state index contributed by atoms with van der Waals surface area (Å²) in [6, 6.07) is 15.7. The highest BCUT2D eigenvalue weighted by atomic mass is 35.5. The SMILES string of the molecule is C[N+]1([N+]2(C(=O)NC3CCNCC3)CC=CC2)CCC(c2cc(Cl)ccc2F)C[C@H]1c1ccccc1. The van der Waals surface area contributed by atoms with Crippen LogP contribution in [0.3, 0.4) is 0 Å². The van der Waals surface area contributed by atoms with Crippen molar-refractivity contribution in [3.05, 3.63) is 82.6 Å². The Morgan fingerprint density at radius 2 is 1.77 bits per heavy atom. The van der Waals surface area contributed by atoms with Crippen molar-refractivity contribution in [1.29, 1.82) is 0 Å². The molecule has 2 N–H and O–H groups in total. The first-order chi connectivity index (χ1) is 16.9. The van der Waals surface area contributed by atoms with Gasteiger partial charge in [-0.1, -0.05) is 46.5 Å². The number of rotatable bonds is 4. The fourth-order valence-corrected chi connectivity index (χ4v) is 6.65. The van der Waals surface area contributed by atoms with E-state index in [4.69, 9.17) is 11.6 Å². The zero-order chi connectivity index (χ0) is 24.5. The van der Waals surface area contributed by atoms with Crippen LogP contribution >= 0.6 is 11.6 Å². The van der Waals surface area contributed by atoms with Gasteiger partial charge in [-0.3, -0.25) is 5.32 Å². The van der Waals surface area contributed by atoms with Gasteiger partial charge < -0.3 is 5.32 Å². The molecule has 2 fully saturated rings. The third-order valence-corrected chi connectivity index (χ3v) is 8.83. The third-order valence-electron chi connectivity index (χ3n) is 8.59. The second kappa shape index (κ2) is 10.0. The van der Waals surface area contributed by atoms with Gasteiger partial charge in [0.15, 0.2) is 19.1 Å². The topological polar surface area (TPSA) is 41.1 Å². The molecule has 2 aromatic carbocycles. The number of hydrogen-bond donors (Lipinski definition) is 2. The summed E-state index contributed by atoms with van der Waals surface area (Å²) in [6.07, 6.45) is 7.78. The summed E-state index contributed by atoms with van der Waals surface area (Å²) < 4.78 is 15.8. The summed E-state index contributed by atoms with van der Waals surface area (Å²) in [5.74, 6) is -0.147. The number of nitrogens with zero attached hydrogens (tertiary/aromatic N) is 2. The Morgan fingerprint density at radius 1 is 1.06 bits per heavy atom. The van der Waals surface area contributed by atoms with Crippen molar-refractivity contribution >= 4 is 17.6 Å². The van der Waals surface area contributed by atoms with Gasteiger partial charge in [-0.2, -0.15) is 4.59 Å². The first-order valence-electron chi connectivity index (χ1n) is 12.8. The zero-order valence-corrected chi connectivity index (χ0v) is 21.2. The molecule has 0 saturated carbocycles. The number of likely N-dealkylation sites (tertiary alicyclic amines) is 1. The molecular weight excluding hydrogens is 463 g/mol. The first kappa shape index (κ1) is 24.4. The van der Waals surface area contributed by atoms with E-state index in [0.29, 0.717) is 32.9 Å². The maximum Gasteiger partial charge on any atom is 0.464 e. The Morgan fingerprint density at radius 3 is 2.49 bits per heavy atom. The van der Waals surface area contributed by atoms with Gasteiger partial charge in [-0.05, 0) is 67.8 Å². The minimum atomic E-state index is -0.197. The molecule has 0 spiro atoms. The van der Waals surface area contributed by atoms with Crippen LogP contribution in [0.25, 0.3) is 0 Å². The lowest BCUT2D eigenvalue weighted by Gasteiger charge is -2.54. The predicted molar refractivity (Wildman–Crippen MR) is 137 cm³/mol. The van der Waals surface area contributed by atoms with E-state index in [9.17, 15) is 9.18 Å². The molecule has 2 unspecified atom stereocenters. The highest BCUT2D eigenvalue weighted by Gasteiger charge is 2.60. The van der Waals surface area contributed by atoms with E-state index in [1.165, 1.54) is 11.6 Å². The average Bonchev–Trinajstić information content (AvgIpc) is 3.39. The molecule has 3 aliphatic rings. The van der Waals surface area contributed by atoms with Gasteiger partial charge in [-0.25, -0.2) is 9.18 Å². The Hall–Kier alpha value is -2.25. The lowest BCUT2D eigenvalue weighted by Crippen LogP contribution is -2.77. The van der Waals surface area contributed by atoms with Crippen LogP contribution in [0, 0.1) is 5.82 Å². The molecule has 0 radical (unpaired) electrons. The number of quaternary nitrogens is 2. The molecule has 3 aliphatic heterocycles. The van der Waals surface area contributed by atoms with Gasteiger partial charge in [0, 0.05) is 29.5 Å². The molecule has 7 heteroatoms. The Balaban J connectivity index is 1.51. The van der Waals surface area contributed by atoms with E-state index < -0.39 is 0 Å². The average molecular weight is 499 g/mol. The van der Waals surface area contributed by atoms with Gasteiger partial charge in [0.2, 0.25) is 0 Å². The maximum absolute atomic E-state index is 14.9. The molecule has 5 rings (SSSR count). The zero-order valence-electron chi connectivity index (χ0n) is 20.4. The van der Waals surface area contributed by atoms with Crippen LogP contribution in [0.15, 0.2) is 60.7 Å². The second-order valence-electron chi connectivity index (χ2n) is 10.5. The van der Waals surface area contributed by atoms with Gasteiger partial charge in [0.1, 0.15) is 19.4 Å². The minimum absolute atomic E-state index is 0.0482. The molecule has 2 amide bonds. The molecule has 3 heterocycles. The van der Waals surface area contributed by atoms with E-state index in [0.717, 1.165) is 45.3 Å². The van der Waals surface area contributed by atoms with Crippen LogP contribution in [0.1, 0.15) is 48.8 Å². The number of carbonyl (C=O) groups excluding carboxylic acids is 1. The lowest BCUT2D eigenvalue weighted by atomic mass is 9.82. The fraction of sp³-hybridized carbons (Fsp3) is 0.464. The third kappa shape index (κ3) is 4.53. The highest BCUT2D eigenvalue weighted by molar-refractivity contribution is 6.30. The number of hydrogen-bond acceptors (Lipinski definition) is 2. The van der Waals surface area contributed by atoms with Crippen molar-refractivity contribution in [2.45, 2.75) is 43.7 Å². The van der Waals surface area contributed by atoms with E-state index in [1.807, 2.05) is 6.07 Å². The standard InChI is InChI=1S/C28H35ClFN4O/c1-33(34(16-5-6-17-34)28(35)32-24-11-14-31-15-12-24)18-13-22(25-20-23(29)9-10-26(25)30)19-27(33)21-7-3-2-4-8-21/h2-10,20,22,24,27,31H,11-19H2,1H3/q+1/p+1/t22?,27-,33?/m0/s1. The van der Waals surface area contributed by atoms with Crippen LogP contribution < -0.4 is 10.6 Å². The fourth-order valence-electron chi connectivity index (χ4n) is 6.47. The molecule has 3 atom stereocenters. The monoisotopic (exact) mass is 498 g/mol. The number of piperidine rings is 2. The van der Waals surface area contributed by atoms with Crippen LogP contribution in [-0.2, 0) is 0 Å². The number of amides is 2. The smallest absolute Gasteiger partial charge is 0.317 e. The van der Waals surface area contributed by atoms with Crippen molar-refractivity contribution in [2.24, 2.45) is 0 Å². The molecular formula is C28H36ClFN4O+2. The summed E-state index contributed by atoms with van der Waals surface area (Å²) >= 11 is 6.27. The second-order valence-corrected chi connectivity index (χ2v) is 10.9. The molecule has 2 aromatic rings. The summed E-state index contributed by atoms with van der Waals surface area (Å²) in [5, 5.41) is 7.36. The van der Waals surface area contributed by atoms with Crippen LogP contribution in [-0.4, -0.2) is 61.0 Å². The molecule has 0 bridgehead atoms. The number of urea groups is 1. The van der Waals surface area contributed by atoms with Crippen LogP contribution in [0.2, 0.25) is 5.02 Å². The van der Waals surface area contributed by atoms with Crippen LogP contribution in [0.4, 0.5) is 9.18 Å². The lowest BCUT2D eigenvalue weighted by molar-refractivity contribution is -1.46. The van der Waals surface area contributed by atoms with Crippen molar-refractivity contribution in [1.82, 2.24) is 10.6 Å². The largest absolute Gasteiger partial charge is 0.464 e. The number of benzene rings is 2. The van der Waals surface area contributed by atoms with E-state index in [2.05, 4.69) is 54.1 Å². The van der Waals surface area contributed by atoms with Gasteiger partial charge in [0.25, 0.3) is 0 Å². The Kier molecular flexibility index (Phi) is 6.99. The Bertz CT molecular complexity index is 1080. The highest BCUT2D eigenvalue weighted by Crippen LogP contribution is 2.48. The van der Waals surface area contributed by atoms with Gasteiger partial charge >= 0.3 is 6.03 Å². The van der Waals surface area contributed by atoms with E-state index in [1.54, 1.807) is 12.1 Å². The normalized spacial score (nSPS) is 28.7. The maximum atomic E-state index is 14.9. The molecule has 0 aromatic heterocycles. The predicted octanol–water partition coefficient (Wildman–Crippen LogP) is 5.31. The Labute approximate surface area is 212 Å². The van der Waals surface area contributed by atoms with Crippen molar-refractivity contribution in [3.63, 3.8) is 0 Å². The summed E-state index contributed by atoms with van der Waals surface area (Å²) in [5.41, 5.74) is 1.89. The van der Waals surface area contributed by atoms with Crippen molar-refractivity contribution < 1.29 is 18.4 Å². The summed E-state index contributed by atoms with van der Waals surface area (Å²) in [7, 11) is 2.23. The van der Waals surface area contributed by atoms with Gasteiger partial charge in [0.05, 0.1) is 0 Å².